The average Bonchev–Trinajstić information content (AvgIpc) is 3.47. The Hall–Kier alpha value is -2.87. The Labute approximate surface area is 157 Å². The number of aromatic nitrogens is 2. The van der Waals surface area contributed by atoms with Gasteiger partial charge in [-0.15, -0.1) is 0 Å². The summed E-state index contributed by atoms with van der Waals surface area (Å²) in [5.41, 5.74) is 3.01. The van der Waals surface area contributed by atoms with E-state index in [4.69, 9.17) is 4.74 Å². The van der Waals surface area contributed by atoms with Gasteiger partial charge in [0.05, 0.1) is 36.0 Å². The fraction of sp³-hybridized carbons (Fsp3) is 0.263. The zero-order valence-electron chi connectivity index (χ0n) is 15.0. The van der Waals surface area contributed by atoms with Gasteiger partial charge in [0.15, 0.2) is 0 Å². The van der Waals surface area contributed by atoms with Gasteiger partial charge in [-0.25, -0.2) is 13.1 Å². The molecular weight excluding hydrogens is 366 g/mol. The van der Waals surface area contributed by atoms with Crippen molar-refractivity contribution >= 4 is 26.8 Å². The van der Waals surface area contributed by atoms with E-state index in [1.165, 1.54) is 0 Å². The summed E-state index contributed by atoms with van der Waals surface area (Å²) < 4.78 is 33.4. The molecule has 1 amide bonds. The van der Waals surface area contributed by atoms with Crippen LogP contribution in [0.2, 0.25) is 0 Å². The molecule has 4 rings (SSSR count). The second-order valence-corrected chi connectivity index (χ2v) is 8.63. The van der Waals surface area contributed by atoms with Crippen molar-refractivity contribution in [3.8, 4) is 11.4 Å². The van der Waals surface area contributed by atoms with Crippen molar-refractivity contribution in [1.82, 2.24) is 14.3 Å². The number of carbonyl (C=O) groups excluding carboxylic acids is 1. The van der Waals surface area contributed by atoms with E-state index in [9.17, 15) is 13.2 Å². The number of sulfonamides is 1. The first-order chi connectivity index (χ1) is 12.9. The molecule has 2 heterocycles. The number of methoxy groups -OCH3 is 1. The lowest BCUT2D eigenvalue weighted by Gasteiger charge is -2.08. The van der Waals surface area contributed by atoms with Crippen LogP contribution in [0, 0.1) is 6.92 Å². The number of rotatable bonds is 5. The van der Waals surface area contributed by atoms with Crippen LogP contribution in [0.4, 0.5) is 0 Å². The predicted molar refractivity (Wildman–Crippen MR) is 102 cm³/mol. The maximum Gasteiger partial charge on any atom is 0.264 e. The third-order valence-corrected chi connectivity index (χ3v) is 6.50. The number of ether oxygens (including phenoxy) is 1. The van der Waals surface area contributed by atoms with Crippen LogP contribution in [0.5, 0.6) is 5.75 Å². The largest absolute Gasteiger partial charge is 0.495 e. The Morgan fingerprint density at radius 1 is 1.26 bits per heavy atom. The van der Waals surface area contributed by atoms with E-state index in [0.717, 1.165) is 22.2 Å². The number of amides is 1. The van der Waals surface area contributed by atoms with E-state index in [1.54, 1.807) is 37.7 Å². The molecular formula is C19H19N3O4S. The van der Waals surface area contributed by atoms with Gasteiger partial charge in [-0.3, -0.25) is 9.78 Å². The van der Waals surface area contributed by atoms with Gasteiger partial charge in [-0.2, -0.15) is 0 Å². The van der Waals surface area contributed by atoms with E-state index in [-0.39, 0.29) is 0 Å². The molecule has 0 unspecified atom stereocenters. The molecule has 1 aromatic carbocycles. The molecule has 1 fully saturated rings. The molecule has 7 nitrogen and oxygen atoms in total. The Morgan fingerprint density at radius 3 is 2.74 bits per heavy atom. The number of hydrogen-bond donors (Lipinski definition) is 1. The number of pyridine rings is 1. The van der Waals surface area contributed by atoms with Crippen molar-refractivity contribution in [2.45, 2.75) is 25.0 Å². The molecule has 0 spiro atoms. The van der Waals surface area contributed by atoms with Gasteiger partial charge >= 0.3 is 0 Å². The number of benzene rings is 1. The van der Waals surface area contributed by atoms with Crippen molar-refractivity contribution < 1.29 is 17.9 Å². The van der Waals surface area contributed by atoms with E-state index in [1.807, 2.05) is 23.8 Å². The van der Waals surface area contributed by atoms with Gasteiger partial charge in [0.2, 0.25) is 10.0 Å². The van der Waals surface area contributed by atoms with E-state index < -0.39 is 21.2 Å². The standard InChI is InChI=1S/C19H19N3O4S/c1-12-11-22(14-8-15(26-2)10-20-9-14)18-6-3-13(7-17(12)18)19(23)21-27(24,25)16-4-5-16/h3,6-11,16H,4-5H2,1-2H3,(H,21,23). The molecule has 1 aliphatic rings. The van der Waals surface area contributed by atoms with Crippen molar-refractivity contribution in [2.75, 3.05) is 7.11 Å². The number of fused-ring (bicyclic) bond motifs is 1. The number of aryl methyl sites for hydroxylation is 1. The monoisotopic (exact) mass is 385 g/mol. The minimum Gasteiger partial charge on any atom is -0.495 e. The molecule has 1 N–H and O–H groups in total. The van der Waals surface area contributed by atoms with Gasteiger partial charge in [-0.1, -0.05) is 0 Å². The van der Waals surface area contributed by atoms with Gasteiger partial charge in [-0.05, 0) is 43.5 Å². The quantitative estimate of drug-likeness (QED) is 0.729. The van der Waals surface area contributed by atoms with Crippen molar-refractivity contribution in [3.63, 3.8) is 0 Å². The van der Waals surface area contributed by atoms with Crippen LogP contribution in [0.25, 0.3) is 16.6 Å². The molecule has 0 atom stereocenters. The highest BCUT2D eigenvalue weighted by atomic mass is 32.2. The topological polar surface area (TPSA) is 90.3 Å². The fourth-order valence-electron chi connectivity index (χ4n) is 3.05. The van der Waals surface area contributed by atoms with Crippen LogP contribution in [0.3, 0.4) is 0 Å². The lowest BCUT2D eigenvalue weighted by atomic mass is 10.1. The SMILES string of the molecule is COc1cncc(-n2cc(C)c3cc(C(=O)NS(=O)(=O)C4CC4)ccc32)c1. The minimum atomic E-state index is -3.57. The van der Waals surface area contributed by atoms with Crippen LogP contribution in [-0.2, 0) is 10.0 Å². The molecule has 0 saturated heterocycles. The summed E-state index contributed by atoms with van der Waals surface area (Å²) in [6, 6.07) is 7.02. The molecule has 1 aliphatic carbocycles. The Kier molecular flexibility index (Phi) is 4.15. The molecule has 27 heavy (non-hydrogen) atoms. The molecule has 8 heteroatoms. The first-order valence-corrected chi connectivity index (χ1v) is 10.1. The third-order valence-electron chi connectivity index (χ3n) is 4.68. The summed E-state index contributed by atoms with van der Waals surface area (Å²) in [4.78, 5) is 16.6. The summed E-state index contributed by atoms with van der Waals surface area (Å²) in [5, 5.41) is 0.433. The first kappa shape index (κ1) is 17.5. The molecule has 0 radical (unpaired) electrons. The highest BCUT2D eigenvalue weighted by molar-refractivity contribution is 7.91. The van der Waals surface area contributed by atoms with Crippen molar-refractivity contribution in [1.29, 1.82) is 0 Å². The molecule has 1 saturated carbocycles. The predicted octanol–water partition coefficient (Wildman–Crippen LogP) is 2.56. The molecule has 0 aliphatic heterocycles. The lowest BCUT2D eigenvalue weighted by molar-refractivity contribution is 0.0981. The number of carbonyl (C=O) groups is 1. The Balaban J connectivity index is 1.71. The van der Waals surface area contributed by atoms with Crippen molar-refractivity contribution in [3.05, 3.63) is 54.0 Å². The second kappa shape index (κ2) is 6.38. The molecule has 0 bridgehead atoms. The van der Waals surface area contributed by atoms with Crippen LogP contribution in [-0.4, -0.2) is 36.2 Å². The summed E-state index contributed by atoms with van der Waals surface area (Å²) in [7, 11) is -1.99. The average molecular weight is 385 g/mol. The number of nitrogens with one attached hydrogen (secondary N) is 1. The van der Waals surface area contributed by atoms with Crippen molar-refractivity contribution in [2.24, 2.45) is 0 Å². The molecule has 2 aromatic heterocycles. The van der Waals surface area contributed by atoms with Crippen LogP contribution in [0.15, 0.2) is 42.9 Å². The van der Waals surface area contributed by atoms with Crippen LogP contribution >= 0.6 is 0 Å². The fourth-order valence-corrected chi connectivity index (χ4v) is 4.35. The van der Waals surface area contributed by atoms with Gasteiger partial charge < -0.3 is 9.30 Å². The minimum absolute atomic E-state index is 0.316. The number of nitrogens with zero attached hydrogens (tertiary/aromatic N) is 2. The zero-order chi connectivity index (χ0) is 19.2. The summed E-state index contributed by atoms with van der Waals surface area (Å²) in [5.74, 6) is 0.0484. The highest BCUT2D eigenvalue weighted by Gasteiger charge is 2.37. The molecule has 3 aromatic rings. The molecule has 140 valence electrons. The first-order valence-electron chi connectivity index (χ1n) is 8.56. The normalized spacial score (nSPS) is 14.3. The number of hydrogen-bond acceptors (Lipinski definition) is 5. The van der Waals surface area contributed by atoms with Gasteiger partial charge in [0.25, 0.3) is 5.91 Å². The highest BCUT2D eigenvalue weighted by Crippen LogP contribution is 2.29. The maximum atomic E-state index is 12.4. The van der Waals surface area contributed by atoms with Crippen LogP contribution < -0.4 is 9.46 Å². The Morgan fingerprint density at radius 2 is 2.04 bits per heavy atom. The zero-order valence-corrected chi connectivity index (χ0v) is 15.8. The maximum absolute atomic E-state index is 12.4. The van der Waals surface area contributed by atoms with E-state index >= 15 is 0 Å². The van der Waals surface area contributed by atoms with Crippen LogP contribution in [0.1, 0.15) is 28.8 Å². The summed E-state index contributed by atoms with van der Waals surface area (Å²) in [6.07, 6.45) is 6.52. The summed E-state index contributed by atoms with van der Waals surface area (Å²) in [6.45, 7) is 1.94. The third kappa shape index (κ3) is 3.28. The van der Waals surface area contributed by atoms with E-state index in [2.05, 4.69) is 9.71 Å². The second-order valence-electron chi connectivity index (χ2n) is 6.67. The lowest BCUT2D eigenvalue weighted by Crippen LogP contribution is -2.33. The Bertz CT molecular complexity index is 1150. The van der Waals surface area contributed by atoms with Gasteiger partial charge in [0.1, 0.15) is 5.75 Å². The van der Waals surface area contributed by atoms with Gasteiger partial charge in [0, 0.05) is 23.2 Å². The summed E-state index contributed by atoms with van der Waals surface area (Å²) >= 11 is 0. The van der Waals surface area contributed by atoms with E-state index in [0.29, 0.717) is 24.2 Å². The smallest absolute Gasteiger partial charge is 0.264 e.